The number of nitriles is 1. The van der Waals surface area contributed by atoms with Gasteiger partial charge in [-0.25, -0.2) is 0 Å². The highest BCUT2D eigenvalue weighted by atomic mass is 32.2. The Morgan fingerprint density at radius 3 is 2.86 bits per heavy atom. The van der Waals surface area contributed by atoms with E-state index < -0.39 is 0 Å². The normalized spacial score (nSPS) is 8.00. The summed E-state index contributed by atoms with van der Waals surface area (Å²) >= 11 is 1.81. The highest BCUT2D eigenvalue weighted by molar-refractivity contribution is 7.99. The van der Waals surface area contributed by atoms with E-state index in [-0.39, 0.29) is 0 Å². The van der Waals surface area contributed by atoms with Crippen LogP contribution in [-0.2, 0) is 0 Å². The Kier molecular flexibility index (Phi) is 5.71. The molecule has 0 fully saturated rings. The molecule has 0 aliphatic rings. The maximum absolute atomic E-state index is 8.03. The van der Waals surface area contributed by atoms with Crippen LogP contribution >= 0.6 is 11.8 Å². The van der Waals surface area contributed by atoms with Gasteiger partial charge in [-0.05, 0) is 5.75 Å². The van der Waals surface area contributed by atoms with Crippen LogP contribution in [0.25, 0.3) is 0 Å². The summed E-state index contributed by atoms with van der Waals surface area (Å²) < 4.78 is 0. The summed E-state index contributed by atoms with van der Waals surface area (Å²) in [6.07, 6.45) is 0.693. The Bertz CT molecular complexity index is 65.0. The molecule has 7 heavy (non-hydrogen) atoms. The Balaban J connectivity index is 2.60. The van der Waals surface area contributed by atoms with Gasteiger partial charge in [-0.1, -0.05) is 6.92 Å². The first-order chi connectivity index (χ1) is 3.41. The Labute approximate surface area is 48.7 Å². The van der Waals surface area contributed by atoms with E-state index in [1.54, 1.807) is 0 Å². The highest BCUT2D eigenvalue weighted by Gasteiger charge is 1.79. The summed E-state index contributed by atoms with van der Waals surface area (Å²) in [5, 5.41) is 8.03. The van der Waals surface area contributed by atoms with Crippen molar-refractivity contribution in [2.45, 2.75) is 13.3 Å². The van der Waals surface area contributed by atoms with Crippen molar-refractivity contribution < 1.29 is 0 Å². The van der Waals surface area contributed by atoms with Gasteiger partial charge in [-0.3, -0.25) is 0 Å². The third-order valence-corrected chi connectivity index (χ3v) is 1.46. The van der Waals surface area contributed by atoms with Gasteiger partial charge in [0.15, 0.2) is 0 Å². The van der Waals surface area contributed by atoms with Crippen molar-refractivity contribution in [2.75, 3.05) is 11.5 Å². The number of rotatable bonds is 3. The van der Waals surface area contributed by atoms with Crippen molar-refractivity contribution in [3.8, 4) is 6.07 Å². The van der Waals surface area contributed by atoms with E-state index in [2.05, 4.69) is 13.0 Å². The molecular formula is C5H9NS. The van der Waals surface area contributed by atoms with Crippen molar-refractivity contribution in [1.82, 2.24) is 0 Å². The van der Waals surface area contributed by atoms with Gasteiger partial charge in [-0.2, -0.15) is 17.0 Å². The molecule has 0 aromatic heterocycles. The second kappa shape index (κ2) is 5.84. The van der Waals surface area contributed by atoms with E-state index in [4.69, 9.17) is 5.26 Å². The molecule has 0 aliphatic heterocycles. The maximum atomic E-state index is 8.03. The second-order valence-corrected chi connectivity index (χ2v) is 2.50. The first kappa shape index (κ1) is 6.84. The first-order valence-electron chi connectivity index (χ1n) is 2.36. The van der Waals surface area contributed by atoms with Crippen LogP contribution in [0.1, 0.15) is 13.3 Å². The smallest absolute Gasteiger partial charge is 0.0630 e. The first-order valence-corrected chi connectivity index (χ1v) is 3.52. The average molecular weight is 115 g/mol. The van der Waals surface area contributed by atoms with Crippen molar-refractivity contribution in [3.05, 3.63) is 0 Å². The van der Waals surface area contributed by atoms with Crippen LogP contribution in [-0.4, -0.2) is 11.5 Å². The lowest BCUT2D eigenvalue weighted by atomic mass is 10.6. The zero-order valence-corrected chi connectivity index (χ0v) is 5.29. The molecule has 0 rings (SSSR count). The largest absolute Gasteiger partial charge is 0.198 e. The molecule has 0 bridgehead atoms. The number of thioether (sulfide) groups is 1. The van der Waals surface area contributed by atoms with E-state index in [9.17, 15) is 0 Å². The Hall–Kier alpha value is -0.160. The van der Waals surface area contributed by atoms with E-state index in [1.807, 2.05) is 11.8 Å². The minimum absolute atomic E-state index is 0.693. The zero-order chi connectivity index (χ0) is 5.54. The van der Waals surface area contributed by atoms with Gasteiger partial charge in [0.2, 0.25) is 0 Å². The molecule has 0 aromatic rings. The molecule has 0 saturated carbocycles. The van der Waals surface area contributed by atoms with Crippen molar-refractivity contribution in [1.29, 1.82) is 5.26 Å². The van der Waals surface area contributed by atoms with Gasteiger partial charge < -0.3 is 0 Å². The van der Waals surface area contributed by atoms with E-state index in [0.717, 1.165) is 11.5 Å². The Morgan fingerprint density at radius 1 is 1.71 bits per heavy atom. The topological polar surface area (TPSA) is 23.8 Å². The van der Waals surface area contributed by atoms with E-state index in [0.29, 0.717) is 6.42 Å². The third kappa shape index (κ3) is 5.84. The highest BCUT2D eigenvalue weighted by Crippen LogP contribution is 1.98. The van der Waals surface area contributed by atoms with Gasteiger partial charge in [0.05, 0.1) is 6.07 Å². The molecule has 0 spiro atoms. The number of hydrogen-bond donors (Lipinski definition) is 0. The van der Waals surface area contributed by atoms with Gasteiger partial charge >= 0.3 is 0 Å². The molecular weight excluding hydrogens is 106 g/mol. The fraction of sp³-hybridized carbons (Fsp3) is 0.800. The van der Waals surface area contributed by atoms with Crippen LogP contribution in [0, 0.1) is 11.3 Å². The molecule has 0 radical (unpaired) electrons. The van der Waals surface area contributed by atoms with Crippen LogP contribution in [0.4, 0.5) is 0 Å². The molecule has 0 unspecified atom stereocenters. The van der Waals surface area contributed by atoms with Crippen LogP contribution in [0.5, 0.6) is 0 Å². The van der Waals surface area contributed by atoms with Crippen LogP contribution < -0.4 is 0 Å². The van der Waals surface area contributed by atoms with Gasteiger partial charge in [0, 0.05) is 12.2 Å². The Morgan fingerprint density at radius 2 is 2.43 bits per heavy atom. The van der Waals surface area contributed by atoms with Crippen LogP contribution in [0.3, 0.4) is 0 Å². The van der Waals surface area contributed by atoms with Gasteiger partial charge in [0.1, 0.15) is 0 Å². The predicted octanol–water partition coefficient (Wildman–Crippen LogP) is 1.65. The molecule has 0 heterocycles. The third-order valence-electron chi connectivity index (χ3n) is 0.562. The van der Waals surface area contributed by atoms with Crippen molar-refractivity contribution in [2.24, 2.45) is 0 Å². The zero-order valence-electron chi connectivity index (χ0n) is 4.48. The minimum atomic E-state index is 0.693. The van der Waals surface area contributed by atoms with Crippen LogP contribution in [0.2, 0.25) is 0 Å². The lowest BCUT2D eigenvalue weighted by molar-refractivity contribution is 1.24. The lowest BCUT2D eigenvalue weighted by Gasteiger charge is -1.85. The maximum Gasteiger partial charge on any atom is 0.0630 e. The summed E-state index contributed by atoms with van der Waals surface area (Å²) in [5.74, 6) is 2.12. The van der Waals surface area contributed by atoms with E-state index >= 15 is 0 Å². The van der Waals surface area contributed by atoms with Gasteiger partial charge in [-0.15, -0.1) is 0 Å². The van der Waals surface area contributed by atoms with Crippen molar-refractivity contribution in [3.63, 3.8) is 0 Å². The summed E-state index contributed by atoms with van der Waals surface area (Å²) in [4.78, 5) is 0. The summed E-state index contributed by atoms with van der Waals surface area (Å²) in [5.41, 5.74) is 0. The molecule has 0 saturated heterocycles. The SMILES string of the molecule is CCSCCC#N. The number of nitrogens with zero attached hydrogens (tertiary/aromatic N) is 1. The molecule has 1 nitrogen and oxygen atoms in total. The molecule has 0 N–H and O–H groups in total. The van der Waals surface area contributed by atoms with Crippen LogP contribution in [0.15, 0.2) is 0 Å². The summed E-state index contributed by atoms with van der Waals surface area (Å²) in [7, 11) is 0. The minimum Gasteiger partial charge on any atom is -0.198 e. The molecule has 2 heteroatoms. The molecule has 40 valence electrons. The van der Waals surface area contributed by atoms with E-state index in [1.165, 1.54) is 0 Å². The monoisotopic (exact) mass is 115 g/mol. The number of hydrogen-bond acceptors (Lipinski definition) is 2. The summed E-state index contributed by atoms with van der Waals surface area (Å²) in [6.45, 7) is 2.10. The standard InChI is InChI=1S/C5H9NS/c1-2-7-5-3-4-6/h2-3,5H2,1H3. The fourth-order valence-corrected chi connectivity index (χ4v) is 0.786. The summed E-state index contributed by atoms with van der Waals surface area (Å²) in [6, 6.07) is 2.08. The second-order valence-electron chi connectivity index (χ2n) is 1.11. The van der Waals surface area contributed by atoms with Crippen molar-refractivity contribution >= 4 is 11.8 Å². The van der Waals surface area contributed by atoms with Gasteiger partial charge in [0.25, 0.3) is 0 Å². The molecule has 0 aliphatic carbocycles. The quantitative estimate of drug-likeness (QED) is 0.522. The average Bonchev–Trinajstić information content (AvgIpc) is 1.69. The predicted molar refractivity (Wildman–Crippen MR) is 33.2 cm³/mol. The molecule has 0 aromatic carbocycles. The fourth-order valence-electron chi connectivity index (χ4n) is 0.262. The lowest BCUT2D eigenvalue weighted by Crippen LogP contribution is -1.74. The molecule has 0 atom stereocenters. The molecule has 0 amide bonds.